The molecule has 0 aromatic rings. The van der Waals surface area contributed by atoms with Crippen molar-refractivity contribution >= 4 is 35.6 Å². The maximum atomic E-state index is 14.2. The quantitative estimate of drug-likeness (QED) is 0.474. The number of thioether (sulfide) groups is 1. The number of hydrogen-bond donors (Lipinski definition) is 0. The molecule has 0 amide bonds. The van der Waals surface area contributed by atoms with Gasteiger partial charge >= 0.3 is 23.9 Å². The highest BCUT2D eigenvalue weighted by atomic mass is 32.2. The second-order valence-electron chi connectivity index (χ2n) is 6.08. The normalized spacial score (nSPS) is 28.0. The largest absolute Gasteiger partial charge is 0.465 e. The van der Waals surface area contributed by atoms with Crippen LogP contribution in [0.25, 0.3) is 0 Å². The van der Waals surface area contributed by atoms with Gasteiger partial charge in [0.15, 0.2) is 18.3 Å². The van der Waals surface area contributed by atoms with Crippen molar-refractivity contribution in [2.24, 2.45) is 0 Å². The van der Waals surface area contributed by atoms with Crippen molar-refractivity contribution in [3.63, 3.8) is 0 Å². The molecule has 8 nitrogen and oxygen atoms in total. The van der Waals surface area contributed by atoms with E-state index >= 15 is 0 Å². The fraction of sp³-hybridized carbons (Fsp3) is 0.750. The second-order valence-corrected chi connectivity index (χ2v) is 7.46. The van der Waals surface area contributed by atoms with E-state index in [-0.39, 0.29) is 6.61 Å². The van der Waals surface area contributed by atoms with E-state index in [1.54, 1.807) is 0 Å². The number of ether oxygens (including phenoxy) is 4. The third kappa shape index (κ3) is 6.96. The molecular formula is C16H22F2O8S. The average molecular weight is 412 g/mol. The zero-order chi connectivity index (χ0) is 20.9. The van der Waals surface area contributed by atoms with E-state index in [2.05, 4.69) is 0 Å². The van der Waals surface area contributed by atoms with E-state index in [4.69, 9.17) is 18.9 Å². The van der Waals surface area contributed by atoms with Gasteiger partial charge in [0, 0.05) is 34.6 Å². The molecule has 1 heterocycles. The summed E-state index contributed by atoms with van der Waals surface area (Å²) in [7, 11) is 0. The Labute approximate surface area is 159 Å². The number of rotatable bonds is 6. The van der Waals surface area contributed by atoms with E-state index in [0.29, 0.717) is 18.7 Å². The Morgan fingerprint density at radius 2 is 1.26 bits per heavy atom. The molecule has 1 saturated heterocycles. The first-order valence-corrected chi connectivity index (χ1v) is 8.95. The molecule has 0 aromatic carbocycles. The zero-order valence-electron chi connectivity index (χ0n) is 15.5. The summed E-state index contributed by atoms with van der Waals surface area (Å²) in [6.45, 7) is 4.53. The summed E-state index contributed by atoms with van der Waals surface area (Å²) >= 11 is 0.638. The molecule has 11 heteroatoms. The molecule has 0 bridgehead atoms. The van der Waals surface area contributed by atoms with E-state index in [0.717, 1.165) is 27.7 Å². The van der Waals surface area contributed by atoms with Crippen molar-refractivity contribution < 1.29 is 46.9 Å². The van der Waals surface area contributed by atoms with Gasteiger partial charge in [-0.2, -0.15) is 0 Å². The maximum Gasteiger partial charge on any atom is 0.303 e. The lowest BCUT2D eigenvalue weighted by atomic mass is 9.97. The van der Waals surface area contributed by atoms with Crippen LogP contribution < -0.4 is 0 Å². The Balaban J connectivity index is 3.36. The monoisotopic (exact) mass is 412 g/mol. The molecule has 0 aromatic heterocycles. The Morgan fingerprint density at radius 3 is 1.67 bits per heavy atom. The van der Waals surface area contributed by atoms with Crippen LogP contribution >= 0.6 is 11.8 Å². The lowest BCUT2D eigenvalue weighted by molar-refractivity contribution is -0.191. The first kappa shape index (κ1) is 23.1. The van der Waals surface area contributed by atoms with Crippen LogP contribution in [0, 0.1) is 0 Å². The standard InChI is InChI=1S/C16H22F2O8S/c1-7(19)23-6-11-12(24-8(2)20)13(25-9(3)21)14(26-10(4)22)15(27-11)16(5,17)18/h11-15H,6H2,1-5H3/t11-,12+,13+,14-,15?/m1/s1. The smallest absolute Gasteiger partial charge is 0.303 e. The van der Waals surface area contributed by atoms with Crippen molar-refractivity contribution in [1.29, 1.82) is 0 Å². The molecule has 1 rings (SSSR count). The number of alkyl halides is 2. The summed E-state index contributed by atoms with van der Waals surface area (Å²) in [5.41, 5.74) is 0. The molecule has 0 spiro atoms. The van der Waals surface area contributed by atoms with Gasteiger partial charge in [-0.05, 0) is 0 Å². The molecule has 1 aliphatic heterocycles. The number of carbonyl (C=O) groups excluding carboxylic acids is 4. The van der Waals surface area contributed by atoms with Crippen LogP contribution in [0.1, 0.15) is 34.6 Å². The number of carbonyl (C=O) groups is 4. The van der Waals surface area contributed by atoms with Crippen molar-refractivity contribution in [3.05, 3.63) is 0 Å². The topological polar surface area (TPSA) is 105 Å². The molecule has 0 radical (unpaired) electrons. The van der Waals surface area contributed by atoms with Crippen molar-refractivity contribution in [3.8, 4) is 0 Å². The Bertz CT molecular complexity index is 591. The lowest BCUT2D eigenvalue weighted by Gasteiger charge is -2.45. The SMILES string of the molecule is CC(=O)OC[C@H]1SC(C(C)(F)F)[C@H](OC(C)=O)[C@@H](OC(C)=O)[C@H]1OC(C)=O. The van der Waals surface area contributed by atoms with Crippen molar-refractivity contribution in [2.75, 3.05) is 6.61 Å². The Hall–Kier alpha value is -1.91. The van der Waals surface area contributed by atoms with Gasteiger partial charge in [0.1, 0.15) is 11.9 Å². The van der Waals surface area contributed by atoms with Crippen LogP contribution in [0.2, 0.25) is 0 Å². The Morgan fingerprint density at radius 1 is 0.815 bits per heavy atom. The van der Waals surface area contributed by atoms with Gasteiger partial charge in [0.05, 0.1) is 5.25 Å². The predicted octanol–water partition coefficient (Wildman–Crippen LogP) is 1.48. The van der Waals surface area contributed by atoms with E-state index in [1.807, 2.05) is 0 Å². The van der Waals surface area contributed by atoms with Gasteiger partial charge in [-0.15, -0.1) is 11.8 Å². The molecule has 1 unspecified atom stereocenters. The highest BCUT2D eigenvalue weighted by molar-refractivity contribution is 8.00. The molecule has 0 aliphatic carbocycles. The Kier molecular flexibility index (Phi) is 8.00. The predicted molar refractivity (Wildman–Crippen MR) is 89.1 cm³/mol. The summed E-state index contributed by atoms with van der Waals surface area (Å²) in [5, 5.41) is -2.59. The number of esters is 4. The van der Waals surface area contributed by atoms with Gasteiger partial charge in [-0.3, -0.25) is 19.2 Å². The van der Waals surface area contributed by atoms with Crippen LogP contribution in [0.4, 0.5) is 8.78 Å². The molecule has 1 aliphatic rings. The first-order chi connectivity index (χ1) is 12.3. The number of halogens is 2. The van der Waals surface area contributed by atoms with Crippen LogP contribution in [0.3, 0.4) is 0 Å². The minimum Gasteiger partial charge on any atom is -0.465 e. The third-order valence-electron chi connectivity index (χ3n) is 3.49. The van der Waals surface area contributed by atoms with Crippen LogP contribution in [0.5, 0.6) is 0 Å². The van der Waals surface area contributed by atoms with E-state index < -0.39 is 58.6 Å². The van der Waals surface area contributed by atoms with Crippen LogP contribution in [-0.4, -0.2) is 65.2 Å². The van der Waals surface area contributed by atoms with Crippen molar-refractivity contribution in [2.45, 2.75) is 69.4 Å². The molecule has 1 fully saturated rings. The molecule has 0 N–H and O–H groups in total. The van der Waals surface area contributed by atoms with Crippen molar-refractivity contribution in [1.82, 2.24) is 0 Å². The summed E-state index contributed by atoms with van der Waals surface area (Å²) in [5.74, 6) is -6.49. The minimum atomic E-state index is -3.35. The molecule has 154 valence electrons. The van der Waals surface area contributed by atoms with Gasteiger partial charge in [-0.1, -0.05) is 0 Å². The van der Waals surface area contributed by atoms with Gasteiger partial charge in [-0.25, -0.2) is 8.78 Å². The maximum absolute atomic E-state index is 14.2. The molecule has 0 saturated carbocycles. The molecule has 5 atom stereocenters. The van der Waals surface area contributed by atoms with Gasteiger partial charge in [0.2, 0.25) is 0 Å². The molecular weight excluding hydrogens is 390 g/mol. The fourth-order valence-corrected chi connectivity index (χ4v) is 4.13. The average Bonchev–Trinajstić information content (AvgIpc) is 2.46. The lowest BCUT2D eigenvalue weighted by Crippen LogP contribution is -2.61. The summed E-state index contributed by atoms with van der Waals surface area (Å²) < 4.78 is 48.6. The highest BCUT2D eigenvalue weighted by Crippen LogP contribution is 2.44. The van der Waals surface area contributed by atoms with E-state index in [9.17, 15) is 28.0 Å². The molecule has 27 heavy (non-hydrogen) atoms. The van der Waals surface area contributed by atoms with Crippen LogP contribution in [0.15, 0.2) is 0 Å². The summed E-state index contributed by atoms with van der Waals surface area (Å²) in [6.07, 6.45) is -4.33. The highest BCUT2D eigenvalue weighted by Gasteiger charge is 2.57. The summed E-state index contributed by atoms with van der Waals surface area (Å²) in [6, 6.07) is 0. The van der Waals surface area contributed by atoms with E-state index in [1.165, 1.54) is 0 Å². The van der Waals surface area contributed by atoms with Gasteiger partial charge < -0.3 is 18.9 Å². The summed E-state index contributed by atoms with van der Waals surface area (Å²) in [4.78, 5) is 45.6. The third-order valence-corrected chi connectivity index (χ3v) is 5.22. The second kappa shape index (κ2) is 9.34. The first-order valence-electron chi connectivity index (χ1n) is 8.01. The van der Waals surface area contributed by atoms with Crippen LogP contribution in [-0.2, 0) is 38.1 Å². The minimum absolute atomic E-state index is 0.366. The zero-order valence-corrected chi connectivity index (χ0v) is 16.3. The fourth-order valence-electron chi connectivity index (χ4n) is 2.64. The van der Waals surface area contributed by atoms with Gasteiger partial charge in [0.25, 0.3) is 5.92 Å². The number of hydrogen-bond acceptors (Lipinski definition) is 9.